The van der Waals surface area contributed by atoms with Crippen LogP contribution in [0, 0.1) is 0 Å². The van der Waals surface area contributed by atoms with Crippen LogP contribution in [0.25, 0.3) is 0 Å². The third kappa shape index (κ3) is 7.84. The highest BCUT2D eigenvalue weighted by Crippen LogP contribution is 2.24. The lowest BCUT2D eigenvalue weighted by Crippen LogP contribution is -2.34. The molecule has 1 aliphatic rings. The highest BCUT2D eigenvalue weighted by molar-refractivity contribution is 7.99. The van der Waals surface area contributed by atoms with E-state index >= 15 is 0 Å². The molecule has 1 aromatic heterocycles. The normalized spacial score (nSPS) is 15.4. The van der Waals surface area contributed by atoms with Crippen molar-refractivity contribution in [2.45, 2.75) is 57.7 Å². The average Bonchev–Trinajstić information content (AvgIpc) is 3.18. The number of carbonyl (C=O) groups excluding carboxylic acids is 1. The summed E-state index contributed by atoms with van der Waals surface area (Å²) in [5, 5.41) is 4.06. The lowest BCUT2D eigenvalue weighted by atomic mass is 10.2. The lowest BCUT2D eigenvalue weighted by Gasteiger charge is -2.19. The number of nitrogens with zero attached hydrogens (tertiary/aromatic N) is 4. The second-order valence-electron chi connectivity index (χ2n) is 6.95. The van der Waals surface area contributed by atoms with Crippen LogP contribution >= 0.6 is 23.4 Å². The second kappa shape index (κ2) is 11.7. The molecule has 1 saturated heterocycles. The Morgan fingerprint density at radius 1 is 1.33 bits per heavy atom. The number of halogens is 1. The molecule has 0 spiro atoms. The maximum absolute atomic E-state index is 12.2. The van der Waals surface area contributed by atoms with Gasteiger partial charge in [0.15, 0.2) is 5.16 Å². The summed E-state index contributed by atoms with van der Waals surface area (Å²) in [6.07, 6.45) is 4.43. The summed E-state index contributed by atoms with van der Waals surface area (Å²) < 4.78 is 0. The number of thioether (sulfide) groups is 1. The van der Waals surface area contributed by atoms with E-state index in [9.17, 15) is 4.79 Å². The SMILES string of the molecule is CCN(CC)CCC[C@@H](C)NC(=O)CSc1nc(Cl)cc(N2CCCC2)n1. The number of hydrogen-bond donors (Lipinski definition) is 1. The third-order valence-corrected chi connectivity index (χ3v) is 5.88. The number of carbonyl (C=O) groups is 1. The Kier molecular flexibility index (Phi) is 9.65. The molecule has 0 aliphatic carbocycles. The van der Waals surface area contributed by atoms with Gasteiger partial charge in [-0.25, -0.2) is 9.97 Å². The van der Waals surface area contributed by atoms with Crippen LogP contribution in [-0.2, 0) is 4.79 Å². The van der Waals surface area contributed by atoms with Gasteiger partial charge in [0, 0.05) is 25.2 Å². The van der Waals surface area contributed by atoms with Crippen LogP contribution in [0.3, 0.4) is 0 Å². The van der Waals surface area contributed by atoms with Crippen molar-refractivity contribution in [3.8, 4) is 0 Å². The van der Waals surface area contributed by atoms with E-state index in [4.69, 9.17) is 11.6 Å². The van der Waals surface area contributed by atoms with Gasteiger partial charge in [0.25, 0.3) is 0 Å². The first-order valence-electron chi connectivity index (χ1n) is 9.95. The highest BCUT2D eigenvalue weighted by atomic mass is 35.5. The van der Waals surface area contributed by atoms with E-state index < -0.39 is 0 Å². The Bertz CT molecular complexity index is 593. The van der Waals surface area contributed by atoms with Crippen LogP contribution in [0.5, 0.6) is 0 Å². The summed E-state index contributed by atoms with van der Waals surface area (Å²) in [4.78, 5) is 25.7. The van der Waals surface area contributed by atoms with Gasteiger partial charge in [-0.3, -0.25) is 4.79 Å². The van der Waals surface area contributed by atoms with E-state index in [1.807, 2.05) is 0 Å². The average molecular weight is 414 g/mol. The van der Waals surface area contributed by atoms with Gasteiger partial charge in [-0.05, 0) is 52.2 Å². The van der Waals surface area contributed by atoms with E-state index in [1.54, 1.807) is 6.07 Å². The van der Waals surface area contributed by atoms with Crippen molar-refractivity contribution in [3.63, 3.8) is 0 Å². The molecule has 0 radical (unpaired) electrons. The van der Waals surface area contributed by atoms with E-state index in [-0.39, 0.29) is 11.9 Å². The largest absolute Gasteiger partial charge is 0.356 e. The molecule has 0 unspecified atom stereocenters. The van der Waals surface area contributed by atoms with Gasteiger partial charge in [0.1, 0.15) is 11.0 Å². The number of aromatic nitrogens is 2. The van der Waals surface area contributed by atoms with Crippen LogP contribution in [0.4, 0.5) is 5.82 Å². The molecule has 8 heteroatoms. The Balaban J connectivity index is 1.74. The van der Waals surface area contributed by atoms with Crippen LogP contribution in [0.15, 0.2) is 11.2 Å². The first-order chi connectivity index (χ1) is 13.0. The van der Waals surface area contributed by atoms with E-state index in [0.717, 1.165) is 51.4 Å². The van der Waals surface area contributed by atoms with Crippen molar-refractivity contribution in [2.75, 3.05) is 43.4 Å². The molecule has 0 saturated carbocycles. The predicted molar refractivity (Wildman–Crippen MR) is 114 cm³/mol. The molecule has 0 aromatic carbocycles. The van der Waals surface area contributed by atoms with Crippen molar-refractivity contribution in [1.29, 1.82) is 0 Å². The fourth-order valence-corrected chi connectivity index (χ4v) is 4.13. The quantitative estimate of drug-likeness (QED) is 0.340. The van der Waals surface area contributed by atoms with Gasteiger partial charge < -0.3 is 15.1 Å². The smallest absolute Gasteiger partial charge is 0.230 e. The minimum Gasteiger partial charge on any atom is -0.356 e. The van der Waals surface area contributed by atoms with E-state index in [1.165, 1.54) is 24.6 Å². The molecule has 1 fully saturated rings. The number of anilines is 1. The standard InChI is InChI=1S/C19H32ClN5OS/c1-4-24(5-2)10-8-9-15(3)21-18(26)14-27-19-22-16(20)13-17(23-19)25-11-6-7-12-25/h13,15H,4-12,14H2,1-3H3,(H,21,26)/t15-/m1/s1. The second-order valence-corrected chi connectivity index (χ2v) is 8.28. The van der Waals surface area contributed by atoms with Gasteiger partial charge in [-0.2, -0.15) is 0 Å². The highest BCUT2D eigenvalue weighted by Gasteiger charge is 2.16. The van der Waals surface area contributed by atoms with Crippen molar-refractivity contribution in [2.24, 2.45) is 0 Å². The van der Waals surface area contributed by atoms with Crippen LogP contribution in [0.2, 0.25) is 5.15 Å². The van der Waals surface area contributed by atoms with Gasteiger partial charge in [0.05, 0.1) is 5.75 Å². The molecule has 152 valence electrons. The Labute approximate surface area is 172 Å². The van der Waals surface area contributed by atoms with E-state index in [0.29, 0.717) is 16.1 Å². The summed E-state index contributed by atoms with van der Waals surface area (Å²) in [7, 11) is 0. The minimum atomic E-state index is 0.0154. The molecular formula is C19H32ClN5OS. The van der Waals surface area contributed by atoms with E-state index in [2.05, 4.69) is 45.9 Å². The first-order valence-corrected chi connectivity index (χ1v) is 11.3. The molecule has 2 heterocycles. The van der Waals surface area contributed by atoms with Gasteiger partial charge in [0.2, 0.25) is 5.91 Å². The number of amides is 1. The van der Waals surface area contributed by atoms with Crippen LogP contribution in [-0.4, -0.2) is 65.3 Å². The summed E-state index contributed by atoms with van der Waals surface area (Å²) in [6.45, 7) is 11.7. The summed E-state index contributed by atoms with van der Waals surface area (Å²) in [5.74, 6) is 1.18. The zero-order valence-electron chi connectivity index (χ0n) is 16.7. The molecule has 1 aromatic rings. The van der Waals surface area contributed by atoms with Crippen LogP contribution in [0.1, 0.15) is 46.5 Å². The van der Waals surface area contributed by atoms with Crippen molar-refractivity contribution in [1.82, 2.24) is 20.2 Å². The molecule has 2 rings (SSSR count). The summed E-state index contributed by atoms with van der Waals surface area (Å²) in [5.41, 5.74) is 0. The Morgan fingerprint density at radius 2 is 2.04 bits per heavy atom. The topological polar surface area (TPSA) is 61.4 Å². The zero-order valence-corrected chi connectivity index (χ0v) is 18.3. The molecule has 27 heavy (non-hydrogen) atoms. The van der Waals surface area contributed by atoms with Crippen molar-refractivity contribution in [3.05, 3.63) is 11.2 Å². The molecular weight excluding hydrogens is 382 g/mol. The number of rotatable bonds is 11. The fourth-order valence-electron chi connectivity index (χ4n) is 3.24. The molecule has 1 N–H and O–H groups in total. The van der Waals surface area contributed by atoms with Crippen molar-refractivity contribution >= 4 is 35.1 Å². The molecule has 1 aliphatic heterocycles. The fraction of sp³-hybridized carbons (Fsp3) is 0.737. The molecule has 0 bridgehead atoms. The molecule has 1 atom stereocenters. The summed E-state index contributed by atoms with van der Waals surface area (Å²) >= 11 is 7.48. The summed E-state index contributed by atoms with van der Waals surface area (Å²) in [6, 6.07) is 1.98. The predicted octanol–water partition coefficient (Wildman–Crippen LogP) is 3.45. The van der Waals surface area contributed by atoms with Gasteiger partial charge in [-0.1, -0.05) is 37.2 Å². The molecule has 1 amide bonds. The molecule has 6 nitrogen and oxygen atoms in total. The van der Waals surface area contributed by atoms with Crippen molar-refractivity contribution < 1.29 is 4.79 Å². The monoisotopic (exact) mass is 413 g/mol. The minimum absolute atomic E-state index is 0.0154. The maximum Gasteiger partial charge on any atom is 0.230 e. The Morgan fingerprint density at radius 3 is 2.70 bits per heavy atom. The maximum atomic E-state index is 12.2. The number of nitrogens with one attached hydrogen (secondary N) is 1. The third-order valence-electron chi connectivity index (χ3n) is 4.84. The van der Waals surface area contributed by atoms with Gasteiger partial charge in [-0.15, -0.1) is 0 Å². The number of hydrogen-bond acceptors (Lipinski definition) is 6. The van der Waals surface area contributed by atoms with Gasteiger partial charge >= 0.3 is 0 Å². The van der Waals surface area contributed by atoms with Crippen LogP contribution < -0.4 is 10.2 Å². The first kappa shape index (κ1) is 22.2. The lowest BCUT2D eigenvalue weighted by molar-refractivity contribution is -0.119. The zero-order chi connectivity index (χ0) is 19.6. The Hall–Kier alpha value is -1.05.